The second kappa shape index (κ2) is 10.1. The van der Waals surface area contributed by atoms with Crippen molar-refractivity contribution in [3.8, 4) is 67.1 Å². The van der Waals surface area contributed by atoms with Crippen molar-refractivity contribution in [2.45, 2.75) is 0 Å². The van der Waals surface area contributed by atoms with Crippen LogP contribution in [-0.2, 0) is 0 Å². The van der Waals surface area contributed by atoms with E-state index in [0.29, 0.717) is 0 Å². The maximum atomic E-state index is 10.6. The monoisotopic (exact) mass is 490 g/mol. The molecule has 182 valence electrons. The molecule has 0 unspecified atom stereocenters. The van der Waals surface area contributed by atoms with Gasteiger partial charge in [0, 0.05) is 11.1 Å². The fourth-order valence-corrected chi connectivity index (χ4v) is 4.95. The molecular formula is C36H26O2. The predicted molar refractivity (Wildman–Crippen MR) is 157 cm³/mol. The summed E-state index contributed by atoms with van der Waals surface area (Å²) in [5.41, 5.74) is 9.97. The maximum absolute atomic E-state index is 10.6. The Kier molecular flexibility index (Phi) is 6.21. The van der Waals surface area contributed by atoms with Gasteiger partial charge >= 0.3 is 0 Å². The molecule has 0 fully saturated rings. The Morgan fingerprint density at radius 3 is 1.13 bits per heavy atom. The summed E-state index contributed by atoms with van der Waals surface area (Å²) in [5.74, 6) is 0.521. The third kappa shape index (κ3) is 4.56. The molecule has 0 aliphatic heterocycles. The molecule has 0 saturated carbocycles. The molecule has 0 bridgehead atoms. The molecule has 0 aliphatic carbocycles. The summed E-state index contributed by atoms with van der Waals surface area (Å²) < 4.78 is 0. The highest BCUT2D eigenvalue weighted by Crippen LogP contribution is 2.40. The van der Waals surface area contributed by atoms with Gasteiger partial charge in [-0.3, -0.25) is 0 Å². The van der Waals surface area contributed by atoms with Gasteiger partial charge in [-0.25, -0.2) is 0 Å². The van der Waals surface area contributed by atoms with Crippen molar-refractivity contribution in [1.82, 2.24) is 0 Å². The molecule has 6 rings (SSSR count). The van der Waals surface area contributed by atoms with Crippen LogP contribution in [0.15, 0.2) is 146 Å². The van der Waals surface area contributed by atoms with Gasteiger partial charge in [-0.15, -0.1) is 0 Å². The molecule has 0 aromatic heterocycles. The summed E-state index contributed by atoms with van der Waals surface area (Å²) in [7, 11) is 0. The van der Waals surface area contributed by atoms with Crippen LogP contribution in [-0.4, -0.2) is 10.2 Å². The van der Waals surface area contributed by atoms with E-state index in [0.717, 1.165) is 55.6 Å². The second-order valence-corrected chi connectivity index (χ2v) is 9.32. The average molecular weight is 491 g/mol. The first-order chi connectivity index (χ1) is 18.7. The Morgan fingerprint density at radius 2 is 0.632 bits per heavy atom. The van der Waals surface area contributed by atoms with Gasteiger partial charge in [-0.2, -0.15) is 0 Å². The van der Waals surface area contributed by atoms with E-state index in [1.807, 2.05) is 97.1 Å². The lowest BCUT2D eigenvalue weighted by Crippen LogP contribution is -1.89. The Balaban J connectivity index is 1.50. The third-order valence-corrected chi connectivity index (χ3v) is 6.91. The topological polar surface area (TPSA) is 40.5 Å². The van der Waals surface area contributed by atoms with Crippen molar-refractivity contribution in [1.29, 1.82) is 0 Å². The molecule has 6 aromatic rings. The predicted octanol–water partition coefficient (Wildman–Crippen LogP) is 9.43. The minimum atomic E-state index is 0.260. The quantitative estimate of drug-likeness (QED) is 0.253. The standard InChI is InChI=1S/C36H26O2/c37-35-20-17-29(23-33(35)26-12-6-2-7-13-26)28-16-19-31(32(22-28)25-10-4-1-5-11-25)30-18-21-36(38)34(24-30)27-14-8-3-9-15-27/h1-24,37-38H. The molecule has 0 saturated heterocycles. The summed E-state index contributed by atoms with van der Waals surface area (Å²) in [6, 6.07) is 48.3. The molecule has 0 atom stereocenters. The lowest BCUT2D eigenvalue weighted by molar-refractivity contribution is 0.477. The molecule has 2 nitrogen and oxygen atoms in total. The van der Waals surface area contributed by atoms with Crippen LogP contribution >= 0.6 is 0 Å². The molecule has 0 aliphatic rings. The van der Waals surface area contributed by atoms with Crippen molar-refractivity contribution in [3.63, 3.8) is 0 Å². The Labute approximate surface area is 222 Å². The molecule has 2 N–H and O–H groups in total. The van der Waals surface area contributed by atoms with Crippen LogP contribution in [0.3, 0.4) is 0 Å². The van der Waals surface area contributed by atoms with E-state index in [-0.39, 0.29) is 11.5 Å². The number of phenolic OH excluding ortho intramolecular Hbond substituents is 2. The van der Waals surface area contributed by atoms with Crippen molar-refractivity contribution >= 4 is 0 Å². The highest BCUT2D eigenvalue weighted by Gasteiger charge is 2.14. The SMILES string of the molecule is Oc1ccc(-c2ccc(-c3ccc(O)c(-c4ccccc4)c3)c(-c3ccccc3)c2)cc1-c1ccccc1. The van der Waals surface area contributed by atoms with E-state index in [2.05, 4.69) is 36.4 Å². The summed E-state index contributed by atoms with van der Waals surface area (Å²) in [6.45, 7) is 0. The number of benzene rings is 6. The average Bonchev–Trinajstić information content (AvgIpc) is 2.99. The first-order valence-corrected chi connectivity index (χ1v) is 12.6. The van der Waals surface area contributed by atoms with Crippen LogP contribution in [0.1, 0.15) is 0 Å². The fourth-order valence-electron chi connectivity index (χ4n) is 4.95. The fraction of sp³-hybridized carbons (Fsp3) is 0. The first kappa shape index (κ1) is 23.3. The summed E-state index contributed by atoms with van der Waals surface area (Å²) in [6.07, 6.45) is 0. The molecule has 6 aromatic carbocycles. The third-order valence-electron chi connectivity index (χ3n) is 6.91. The Hall–Kier alpha value is -5.08. The smallest absolute Gasteiger partial charge is 0.123 e. The number of aromatic hydroxyl groups is 2. The van der Waals surface area contributed by atoms with Crippen LogP contribution in [0.4, 0.5) is 0 Å². The zero-order chi connectivity index (χ0) is 25.9. The molecule has 0 amide bonds. The van der Waals surface area contributed by atoms with E-state index >= 15 is 0 Å². The number of rotatable bonds is 5. The first-order valence-electron chi connectivity index (χ1n) is 12.6. The number of hydrogen-bond acceptors (Lipinski definition) is 2. The molecule has 0 spiro atoms. The summed E-state index contributed by atoms with van der Waals surface area (Å²) in [5, 5.41) is 21.2. The van der Waals surface area contributed by atoms with Crippen LogP contribution in [0.5, 0.6) is 11.5 Å². The highest BCUT2D eigenvalue weighted by atomic mass is 16.3. The van der Waals surface area contributed by atoms with Crippen molar-refractivity contribution in [2.75, 3.05) is 0 Å². The van der Waals surface area contributed by atoms with Gasteiger partial charge in [0.25, 0.3) is 0 Å². The molecule has 0 radical (unpaired) electrons. The number of hydrogen-bond donors (Lipinski definition) is 2. The normalized spacial score (nSPS) is 10.8. The zero-order valence-corrected chi connectivity index (χ0v) is 20.8. The molecule has 0 heterocycles. The van der Waals surface area contributed by atoms with Crippen LogP contribution in [0.25, 0.3) is 55.6 Å². The van der Waals surface area contributed by atoms with E-state index in [1.54, 1.807) is 12.1 Å². The maximum Gasteiger partial charge on any atom is 0.123 e. The van der Waals surface area contributed by atoms with Crippen molar-refractivity contribution in [2.24, 2.45) is 0 Å². The van der Waals surface area contributed by atoms with Crippen LogP contribution in [0, 0.1) is 0 Å². The van der Waals surface area contributed by atoms with E-state index in [9.17, 15) is 10.2 Å². The lowest BCUT2D eigenvalue weighted by Gasteiger charge is -2.15. The Bertz CT molecular complexity index is 1710. The van der Waals surface area contributed by atoms with Gasteiger partial charge < -0.3 is 10.2 Å². The van der Waals surface area contributed by atoms with Crippen LogP contribution < -0.4 is 0 Å². The molecule has 38 heavy (non-hydrogen) atoms. The van der Waals surface area contributed by atoms with Gasteiger partial charge in [0.15, 0.2) is 0 Å². The Morgan fingerprint density at radius 1 is 0.263 bits per heavy atom. The van der Waals surface area contributed by atoms with E-state index in [4.69, 9.17) is 0 Å². The van der Waals surface area contributed by atoms with Crippen molar-refractivity contribution < 1.29 is 10.2 Å². The minimum Gasteiger partial charge on any atom is -0.507 e. The summed E-state index contributed by atoms with van der Waals surface area (Å²) in [4.78, 5) is 0. The van der Waals surface area contributed by atoms with Gasteiger partial charge in [0.1, 0.15) is 11.5 Å². The van der Waals surface area contributed by atoms with Gasteiger partial charge in [0.2, 0.25) is 0 Å². The summed E-state index contributed by atoms with van der Waals surface area (Å²) >= 11 is 0. The van der Waals surface area contributed by atoms with E-state index in [1.165, 1.54) is 0 Å². The lowest BCUT2D eigenvalue weighted by atomic mass is 9.89. The zero-order valence-electron chi connectivity index (χ0n) is 20.8. The largest absolute Gasteiger partial charge is 0.507 e. The molecular weight excluding hydrogens is 464 g/mol. The van der Waals surface area contributed by atoms with Gasteiger partial charge in [-0.1, -0.05) is 115 Å². The van der Waals surface area contributed by atoms with Crippen LogP contribution in [0.2, 0.25) is 0 Å². The number of phenols is 2. The van der Waals surface area contributed by atoms with Crippen molar-refractivity contribution in [3.05, 3.63) is 146 Å². The van der Waals surface area contributed by atoms with E-state index < -0.39 is 0 Å². The van der Waals surface area contributed by atoms with Gasteiger partial charge in [-0.05, 0) is 74.8 Å². The minimum absolute atomic E-state index is 0.260. The molecule has 2 heteroatoms. The highest BCUT2D eigenvalue weighted by molar-refractivity contribution is 5.90. The second-order valence-electron chi connectivity index (χ2n) is 9.32. The van der Waals surface area contributed by atoms with Gasteiger partial charge in [0.05, 0.1) is 0 Å².